The molecular formula is C26H36O9S. The maximum Gasteiger partial charge on any atom is 0.366 e. The zero-order chi connectivity index (χ0) is 26.9. The fourth-order valence-electron chi connectivity index (χ4n) is 3.57. The summed E-state index contributed by atoms with van der Waals surface area (Å²) >= 11 is 1.34. The molecule has 2 fully saturated rings. The molecule has 0 unspecified atom stereocenters. The fourth-order valence-corrected chi connectivity index (χ4v) is 4.70. The fraction of sp³-hybridized carbons (Fsp3) is 0.654. The molecule has 2 aliphatic heterocycles. The van der Waals surface area contributed by atoms with E-state index in [4.69, 9.17) is 28.4 Å². The summed E-state index contributed by atoms with van der Waals surface area (Å²) in [5, 5.41) is 0. The Labute approximate surface area is 216 Å². The van der Waals surface area contributed by atoms with Crippen LogP contribution in [0, 0.1) is 10.8 Å². The molecule has 3 rings (SSSR count). The molecule has 0 amide bonds. The van der Waals surface area contributed by atoms with E-state index in [2.05, 4.69) is 0 Å². The van der Waals surface area contributed by atoms with Crippen LogP contribution in [0.25, 0.3) is 0 Å². The second-order valence-corrected chi connectivity index (χ2v) is 12.2. The van der Waals surface area contributed by atoms with Crippen LogP contribution in [0.5, 0.6) is 0 Å². The van der Waals surface area contributed by atoms with Gasteiger partial charge in [0.2, 0.25) is 0 Å². The van der Waals surface area contributed by atoms with Crippen molar-refractivity contribution in [2.45, 2.75) is 89.0 Å². The Balaban J connectivity index is 2.03. The predicted molar refractivity (Wildman–Crippen MR) is 131 cm³/mol. The Morgan fingerprint density at radius 1 is 0.944 bits per heavy atom. The number of thioether (sulfide) groups is 1. The predicted octanol–water partition coefficient (Wildman–Crippen LogP) is 3.72. The average Bonchev–Trinajstić information content (AvgIpc) is 2.80. The third kappa shape index (κ3) is 6.40. The maximum atomic E-state index is 13.1. The summed E-state index contributed by atoms with van der Waals surface area (Å²) < 4.78 is 34.9. The van der Waals surface area contributed by atoms with Gasteiger partial charge in [0, 0.05) is 11.8 Å². The van der Waals surface area contributed by atoms with Crippen LogP contribution < -0.4 is 0 Å². The van der Waals surface area contributed by atoms with E-state index in [1.54, 1.807) is 41.5 Å². The monoisotopic (exact) mass is 524 g/mol. The van der Waals surface area contributed by atoms with Crippen molar-refractivity contribution in [3.8, 4) is 0 Å². The highest BCUT2D eigenvalue weighted by Crippen LogP contribution is 2.42. The Morgan fingerprint density at radius 2 is 1.50 bits per heavy atom. The van der Waals surface area contributed by atoms with Crippen molar-refractivity contribution < 1.29 is 42.8 Å². The molecule has 1 aromatic rings. The van der Waals surface area contributed by atoms with Crippen LogP contribution in [-0.2, 0) is 42.8 Å². The van der Waals surface area contributed by atoms with Gasteiger partial charge in [0.25, 0.3) is 5.79 Å². The quantitative estimate of drug-likeness (QED) is 0.418. The standard InChI is InChI=1S/C26H36O9S/c1-24(2,3)21(27)33-18-17-16(14-31-26(7,35-17)23(29)30-8)32-20(36-15-12-10-9-11-13-15)19(18)34-22(28)25(4,5)6/h9-13,16-20H,14H2,1-8H3/t16-,17+,18+,19-,20+,26+/m1/s1. The zero-order valence-corrected chi connectivity index (χ0v) is 22.9. The van der Waals surface area contributed by atoms with E-state index >= 15 is 0 Å². The number of methoxy groups -OCH3 is 1. The van der Waals surface area contributed by atoms with Crippen LogP contribution in [-0.4, -0.2) is 67.3 Å². The first-order chi connectivity index (χ1) is 16.7. The number of esters is 3. The molecule has 10 heteroatoms. The van der Waals surface area contributed by atoms with Gasteiger partial charge in [-0.2, -0.15) is 0 Å². The number of hydrogen-bond donors (Lipinski definition) is 0. The third-order valence-corrected chi connectivity index (χ3v) is 6.89. The van der Waals surface area contributed by atoms with Gasteiger partial charge in [-0.1, -0.05) is 30.0 Å². The summed E-state index contributed by atoms with van der Waals surface area (Å²) in [6, 6.07) is 9.47. The topological polar surface area (TPSA) is 107 Å². The largest absolute Gasteiger partial charge is 0.465 e. The lowest BCUT2D eigenvalue weighted by atomic mass is 9.94. The highest BCUT2D eigenvalue weighted by Gasteiger charge is 2.58. The van der Waals surface area contributed by atoms with E-state index in [-0.39, 0.29) is 6.61 Å². The van der Waals surface area contributed by atoms with Crippen molar-refractivity contribution in [1.82, 2.24) is 0 Å². The average molecular weight is 525 g/mol. The minimum absolute atomic E-state index is 0.0222. The van der Waals surface area contributed by atoms with Gasteiger partial charge >= 0.3 is 17.9 Å². The summed E-state index contributed by atoms with van der Waals surface area (Å²) in [5.74, 6) is -3.49. The molecule has 200 valence electrons. The van der Waals surface area contributed by atoms with Crippen molar-refractivity contribution in [3.05, 3.63) is 30.3 Å². The first-order valence-corrected chi connectivity index (χ1v) is 12.7. The van der Waals surface area contributed by atoms with E-state index in [1.165, 1.54) is 25.8 Å². The zero-order valence-electron chi connectivity index (χ0n) is 22.1. The van der Waals surface area contributed by atoms with Crippen molar-refractivity contribution in [2.24, 2.45) is 10.8 Å². The molecule has 9 nitrogen and oxygen atoms in total. The maximum absolute atomic E-state index is 13.1. The Morgan fingerprint density at radius 3 is 2.03 bits per heavy atom. The van der Waals surface area contributed by atoms with Gasteiger partial charge < -0.3 is 28.4 Å². The lowest BCUT2D eigenvalue weighted by molar-refractivity contribution is -0.349. The second-order valence-electron chi connectivity index (χ2n) is 11.0. The highest BCUT2D eigenvalue weighted by atomic mass is 32.2. The number of benzene rings is 1. The number of carbonyl (C=O) groups is 3. The number of ether oxygens (including phenoxy) is 6. The molecule has 2 saturated heterocycles. The van der Waals surface area contributed by atoms with Crippen molar-refractivity contribution in [1.29, 1.82) is 0 Å². The first-order valence-electron chi connectivity index (χ1n) is 11.9. The second kappa shape index (κ2) is 10.7. The van der Waals surface area contributed by atoms with Crippen molar-refractivity contribution in [2.75, 3.05) is 13.7 Å². The van der Waals surface area contributed by atoms with Gasteiger partial charge in [0.15, 0.2) is 12.2 Å². The summed E-state index contributed by atoms with van der Waals surface area (Å²) in [5.41, 5.74) is -2.41. The van der Waals surface area contributed by atoms with Crippen LogP contribution >= 0.6 is 11.8 Å². The molecule has 1 aromatic carbocycles. The molecule has 2 heterocycles. The van der Waals surface area contributed by atoms with E-state index in [1.807, 2.05) is 30.3 Å². The molecule has 0 radical (unpaired) electrons. The van der Waals surface area contributed by atoms with Crippen LogP contribution in [0.2, 0.25) is 0 Å². The smallest absolute Gasteiger partial charge is 0.366 e. The third-order valence-electron chi connectivity index (χ3n) is 5.74. The first kappa shape index (κ1) is 28.4. The van der Waals surface area contributed by atoms with E-state index in [0.717, 1.165) is 4.90 Å². The summed E-state index contributed by atoms with van der Waals surface area (Å²) in [6.07, 6.45) is -3.77. The molecule has 2 aliphatic rings. The van der Waals surface area contributed by atoms with Crippen molar-refractivity contribution >= 4 is 29.7 Å². The number of carbonyl (C=O) groups excluding carboxylic acids is 3. The Hall–Kier alpha value is -2.14. The summed E-state index contributed by atoms with van der Waals surface area (Å²) in [7, 11) is 1.22. The van der Waals surface area contributed by atoms with E-state index < -0.39 is 64.4 Å². The van der Waals surface area contributed by atoms with Crippen LogP contribution in [0.3, 0.4) is 0 Å². The molecule has 0 aliphatic carbocycles. The molecular weight excluding hydrogens is 488 g/mol. The van der Waals surface area contributed by atoms with Crippen LogP contribution in [0.15, 0.2) is 35.2 Å². The summed E-state index contributed by atoms with van der Waals surface area (Å²) in [4.78, 5) is 39.4. The van der Waals surface area contributed by atoms with Crippen molar-refractivity contribution in [3.63, 3.8) is 0 Å². The minimum atomic E-state index is -1.75. The Bertz CT molecular complexity index is 952. The molecule has 0 N–H and O–H groups in total. The van der Waals surface area contributed by atoms with E-state index in [9.17, 15) is 14.4 Å². The van der Waals surface area contributed by atoms with Crippen LogP contribution in [0.4, 0.5) is 0 Å². The summed E-state index contributed by atoms with van der Waals surface area (Å²) in [6.45, 7) is 11.8. The number of rotatable bonds is 5. The SMILES string of the molecule is COC(=O)[C@@]1(C)OC[C@H]2O[C@@H](Sc3ccccc3)[C@H](OC(=O)C(C)(C)C)[C@@H](OC(=O)C(C)(C)C)[C@H]2O1. The Kier molecular flexibility index (Phi) is 8.44. The minimum Gasteiger partial charge on any atom is -0.465 e. The lowest BCUT2D eigenvalue weighted by Crippen LogP contribution is -2.67. The molecule has 0 spiro atoms. The number of fused-ring (bicyclic) bond motifs is 1. The van der Waals surface area contributed by atoms with Crippen LogP contribution in [0.1, 0.15) is 48.5 Å². The molecule has 0 bridgehead atoms. The molecule has 6 atom stereocenters. The van der Waals surface area contributed by atoms with Gasteiger partial charge in [-0.3, -0.25) is 9.59 Å². The molecule has 0 aromatic heterocycles. The van der Waals surface area contributed by atoms with Gasteiger partial charge in [-0.25, -0.2) is 4.79 Å². The van der Waals surface area contributed by atoms with Gasteiger partial charge in [-0.05, 0) is 53.7 Å². The van der Waals surface area contributed by atoms with Gasteiger partial charge in [0.1, 0.15) is 17.6 Å². The molecule has 0 saturated carbocycles. The molecule has 36 heavy (non-hydrogen) atoms. The lowest BCUT2D eigenvalue weighted by Gasteiger charge is -2.50. The van der Waals surface area contributed by atoms with Gasteiger partial charge in [-0.15, -0.1) is 0 Å². The number of hydrogen-bond acceptors (Lipinski definition) is 10. The normalized spacial score (nSPS) is 30.6. The highest BCUT2D eigenvalue weighted by molar-refractivity contribution is 7.99. The van der Waals surface area contributed by atoms with E-state index in [0.29, 0.717) is 0 Å². The van der Waals surface area contributed by atoms with Gasteiger partial charge in [0.05, 0.1) is 24.5 Å².